The first-order valence-electron chi connectivity index (χ1n) is 8.21. The van der Waals surface area contributed by atoms with Gasteiger partial charge in [-0.2, -0.15) is 0 Å². The van der Waals surface area contributed by atoms with Gasteiger partial charge in [0.15, 0.2) is 0 Å². The maximum Gasteiger partial charge on any atom is 0.337 e. The van der Waals surface area contributed by atoms with Gasteiger partial charge in [-0.05, 0) is 36.4 Å². The number of ether oxygens (including phenoxy) is 2. The van der Waals surface area contributed by atoms with Gasteiger partial charge in [0.1, 0.15) is 11.9 Å². The van der Waals surface area contributed by atoms with E-state index in [-0.39, 0.29) is 12.0 Å². The van der Waals surface area contributed by atoms with Crippen molar-refractivity contribution in [2.75, 3.05) is 20.2 Å². The summed E-state index contributed by atoms with van der Waals surface area (Å²) < 4.78 is 10.6. The van der Waals surface area contributed by atoms with Crippen LogP contribution in [0.3, 0.4) is 0 Å². The number of aromatic nitrogens is 1. The van der Waals surface area contributed by atoms with Crippen molar-refractivity contribution < 1.29 is 19.1 Å². The van der Waals surface area contributed by atoms with E-state index in [0.717, 1.165) is 18.6 Å². The van der Waals surface area contributed by atoms with Crippen molar-refractivity contribution in [2.45, 2.75) is 18.9 Å². The number of nitrogens with zero attached hydrogens (tertiary/aromatic N) is 2. The minimum absolute atomic E-state index is 0.0313. The molecule has 0 spiro atoms. The first-order chi connectivity index (χ1) is 12.2. The van der Waals surface area contributed by atoms with Gasteiger partial charge < -0.3 is 14.4 Å². The lowest BCUT2D eigenvalue weighted by atomic mass is 10.1. The van der Waals surface area contributed by atoms with Crippen LogP contribution in [0.15, 0.2) is 48.8 Å². The number of rotatable bonds is 4. The summed E-state index contributed by atoms with van der Waals surface area (Å²) >= 11 is 0. The van der Waals surface area contributed by atoms with Gasteiger partial charge in [-0.1, -0.05) is 0 Å². The van der Waals surface area contributed by atoms with Crippen LogP contribution in [0, 0.1) is 0 Å². The van der Waals surface area contributed by atoms with E-state index >= 15 is 0 Å². The molecule has 130 valence electrons. The molecule has 0 N–H and O–H groups in total. The van der Waals surface area contributed by atoms with E-state index < -0.39 is 5.97 Å². The van der Waals surface area contributed by atoms with E-state index in [4.69, 9.17) is 4.74 Å². The number of piperidine rings is 1. The van der Waals surface area contributed by atoms with Gasteiger partial charge in [-0.25, -0.2) is 4.79 Å². The number of likely N-dealkylation sites (tertiary alicyclic amines) is 1. The van der Waals surface area contributed by atoms with Crippen molar-refractivity contribution in [2.24, 2.45) is 0 Å². The Hall–Kier alpha value is -2.89. The summed E-state index contributed by atoms with van der Waals surface area (Å²) in [5, 5.41) is 0. The predicted octanol–water partition coefficient (Wildman–Crippen LogP) is 2.55. The average molecular weight is 340 g/mol. The minimum Gasteiger partial charge on any atom is -0.489 e. The zero-order chi connectivity index (χ0) is 17.6. The summed E-state index contributed by atoms with van der Waals surface area (Å²) in [5.74, 6) is 0.314. The number of methoxy groups -OCH3 is 1. The predicted molar refractivity (Wildman–Crippen MR) is 91.6 cm³/mol. The summed E-state index contributed by atoms with van der Waals surface area (Å²) in [7, 11) is 1.33. The lowest BCUT2D eigenvalue weighted by Gasteiger charge is -2.32. The maximum absolute atomic E-state index is 12.6. The molecule has 2 aromatic rings. The number of carbonyl (C=O) groups is 2. The highest BCUT2D eigenvalue weighted by Gasteiger charge is 2.24. The number of amides is 1. The van der Waals surface area contributed by atoms with Crippen LogP contribution in [0.1, 0.15) is 33.6 Å². The fraction of sp³-hybridized carbons (Fsp3) is 0.316. The number of esters is 1. The molecule has 1 aliphatic heterocycles. The second-order valence-electron chi connectivity index (χ2n) is 5.87. The van der Waals surface area contributed by atoms with Gasteiger partial charge in [0.2, 0.25) is 0 Å². The van der Waals surface area contributed by atoms with Crippen molar-refractivity contribution in [3.05, 3.63) is 59.9 Å². The SMILES string of the molecule is COC(=O)c1ccc(C(=O)N2CCC(Oc3cccnc3)CC2)cc1. The van der Waals surface area contributed by atoms with E-state index in [0.29, 0.717) is 24.2 Å². The molecule has 0 atom stereocenters. The lowest BCUT2D eigenvalue weighted by Crippen LogP contribution is -2.41. The molecule has 0 aliphatic carbocycles. The van der Waals surface area contributed by atoms with Gasteiger partial charge in [0.25, 0.3) is 5.91 Å². The molecule has 1 aliphatic rings. The number of carbonyl (C=O) groups excluding carboxylic acids is 2. The molecular weight excluding hydrogens is 320 g/mol. The van der Waals surface area contributed by atoms with Crippen LogP contribution >= 0.6 is 0 Å². The van der Waals surface area contributed by atoms with Crippen molar-refractivity contribution in [3.8, 4) is 5.75 Å². The Kier molecular flexibility index (Phi) is 5.28. The monoisotopic (exact) mass is 340 g/mol. The highest BCUT2D eigenvalue weighted by atomic mass is 16.5. The average Bonchev–Trinajstić information content (AvgIpc) is 2.68. The van der Waals surface area contributed by atoms with Gasteiger partial charge in [0.05, 0.1) is 18.9 Å². The summed E-state index contributed by atoms with van der Waals surface area (Å²) in [6, 6.07) is 10.3. The largest absolute Gasteiger partial charge is 0.489 e. The molecule has 1 aromatic heterocycles. The Morgan fingerprint density at radius 2 is 1.76 bits per heavy atom. The van der Waals surface area contributed by atoms with Crippen molar-refractivity contribution in [1.82, 2.24) is 9.88 Å². The maximum atomic E-state index is 12.6. The van der Waals surface area contributed by atoms with Crippen LogP contribution in [0.25, 0.3) is 0 Å². The third-order valence-electron chi connectivity index (χ3n) is 4.22. The number of hydrogen-bond acceptors (Lipinski definition) is 5. The highest BCUT2D eigenvalue weighted by Crippen LogP contribution is 2.19. The Balaban J connectivity index is 1.55. The number of pyridine rings is 1. The fourth-order valence-corrected chi connectivity index (χ4v) is 2.84. The standard InChI is InChI=1S/C19H20N2O4/c1-24-19(23)15-6-4-14(5-7-15)18(22)21-11-8-16(9-12-21)25-17-3-2-10-20-13-17/h2-7,10,13,16H,8-9,11-12H2,1H3. The molecule has 0 radical (unpaired) electrons. The van der Waals surface area contributed by atoms with E-state index in [1.807, 2.05) is 17.0 Å². The van der Waals surface area contributed by atoms with E-state index in [1.165, 1.54) is 7.11 Å². The van der Waals surface area contributed by atoms with E-state index in [9.17, 15) is 9.59 Å². The topological polar surface area (TPSA) is 68.7 Å². The van der Waals surface area contributed by atoms with Gasteiger partial charge in [-0.15, -0.1) is 0 Å². The Morgan fingerprint density at radius 3 is 2.36 bits per heavy atom. The third-order valence-corrected chi connectivity index (χ3v) is 4.22. The van der Waals surface area contributed by atoms with Crippen molar-refractivity contribution >= 4 is 11.9 Å². The summed E-state index contributed by atoms with van der Waals surface area (Å²) in [4.78, 5) is 29.9. The summed E-state index contributed by atoms with van der Waals surface area (Å²) in [6.07, 6.45) is 5.05. The van der Waals surface area contributed by atoms with E-state index in [1.54, 1.807) is 36.7 Å². The summed E-state index contributed by atoms with van der Waals surface area (Å²) in [6.45, 7) is 1.28. The molecule has 1 amide bonds. The molecule has 0 bridgehead atoms. The molecule has 1 fully saturated rings. The molecular formula is C19H20N2O4. The molecule has 0 saturated carbocycles. The minimum atomic E-state index is -0.410. The van der Waals surface area contributed by atoms with Crippen LogP contribution in [-0.4, -0.2) is 48.1 Å². The quantitative estimate of drug-likeness (QED) is 0.800. The molecule has 6 nitrogen and oxygen atoms in total. The van der Waals surface area contributed by atoms with Gasteiger partial charge in [-0.3, -0.25) is 9.78 Å². The molecule has 1 aromatic carbocycles. The van der Waals surface area contributed by atoms with E-state index in [2.05, 4.69) is 9.72 Å². The van der Waals surface area contributed by atoms with Crippen molar-refractivity contribution in [1.29, 1.82) is 0 Å². The highest BCUT2D eigenvalue weighted by molar-refractivity contribution is 5.96. The lowest BCUT2D eigenvalue weighted by molar-refractivity contribution is 0.0584. The smallest absolute Gasteiger partial charge is 0.337 e. The molecule has 3 rings (SSSR count). The zero-order valence-corrected chi connectivity index (χ0v) is 14.1. The molecule has 25 heavy (non-hydrogen) atoms. The van der Waals surface area contributed by atoms with Crippen LogP contribution in [0.4, 0.5) is 0 Å². The second kappa shape index (κ2) is 7.79. The van der Waals surface area contributed by atoms with Crippen LogP contribution in [0.5, 0.6) is 5.75 Å². The van der Waals surface area contributed by atoms with Gasteiger partial charge in [0, 0.05) is 37.7 Å². The Morgan fingerprint density at radius 1 is 1.08 bits per heavy atom. The summed E-state index contributed by atoms with van der Waals surface area (Å²) in [5.41, 5.74) is 1.00. The molecule has 1 saturated heterocycles. The van der Waals surface area contributed by atoms with Crippen LogP contribution in [-0.2, 0) is 4.74 Å². The van der Waals surface area contributed by atoms with Crippen molar-refractivity contribution in [3.63, 3.8) is 0 Å². The second-order valence-corrected chi connectivity index (χ2v) is 5.87. The first-order valence-corrected chi connectivity index (χ1v) is 8.21. The molecule has 2 heterocycles. The van der Waals surface area contributed by atoms with Gasteiger partial charge >= 0.3 is 5.97 Å². The Labute approximate surface area is 146 Å². The third kappa shape index (κ3) is 4.15. The number of benzene rings is 1. The number of hydrogen-bond donors (Lipinski definition) is 0. The fourth-order valence-electron chi connectivity index (χ4n) is 2.84. The molecule has 0 unspecified atom stereocenters. The normalized spacial score (nSPS) is 14.8. The first kappa shape index (κ1) is 17.0. The van der Waals surface area contributed by atoms with Crippen LogP contribution in [0.2, 0.25) is 0 Å². The molecule has 6 heteroatoms. The van der Waals surface area contributed by atoms with Crippen LogP contribution < -0.4 is 4.74 Å². The zero-order valence-electron chi connectivity index (χ0n) is 14.1. The Bertz CT molecular complexity index is 723.